The number of nitrogens with zero attached hydrogens (tertiary/aromatic N) is 4. The van der Waals surface area contributed by atoms with Crippen molar-refractivity contribution in [3.63, 3.8) is 0 Å². The zero-order valence-electron chi connectivity index (χ0n) is 16.9. The molecule has 27 heavy (non-hydrogen) atoms. The van der Waals surface area contributed by atoms with Gasteiger partial charge in [0.15, 0.2) is 5.96 Å². The van der Waals surface area contributed by atoms with Gasteiger partial charge in [0.1, 0.15) is 6.54 Å². The minimum Gasteiger partial charge on any atom is -0.375 e. The van der Waals surface area contributed by atoms with Crippen LogP contribution in [0.3, 0.4) is 0 Å². The number of guanidine groups is 1. The van der Waals surface area contributed by atoms with Crippen molar-refractivity contribution in [3.8, 4) is 0 Å². The number of hydrogen-bond acceptors (Lipinski definition) is 3. The highest BCUT2D eigenvalue weighted by Gasteiger charge is 2.15. The summed E-state index contributed by atoms with van der Waals surface area (Å²) in [7, 11) is 5.65. The van der Waals surface area contributed by atoms with Gasteiger partial charge < -0.3 is 20.0 Å². The topological polar surface area (TPSA) is 51.2 Å². The van der Waals surface area contributed by atoms with Crippen molar-refractivity contribution in [2.75, 3.05) is 58.8 Å². The van der Waals surface area contributed by atoms with Crippen LogP contribution in [0.2, 0.25) is 0 Å². The molecule has 1 N–H and O–H groups in total. The van der Waals surface area contributed by atoms with Crippen molar-refractivity contribution in [2.24, 2.45) is 4.99 Å². The van der Waals surface area contributed by atoms with Crippen LogP contribution in [0.4, 0.5) is 5.69 Å². The minimum atomic E-state index is 0. The Morgan fingerprint density at radius 3 is 2.41 bits per heavy atom. The third kappa shape index (κ3) is 8.36. The second kappa shape index (κ2) is 12.8. The van der Waals surface area contributed by atoms with Crippen molar-refractivity contribution < 1.29 is 4.79 Å². The van der Waals surface area contributed by atoms with Crippen molar-refractivity contribution in [1.82, 2.24) is 15.1 Å². The van der Waals surface area contributed by atoms with Crippen LogP contribution in [0.5, 0.6) is 0 Å². The lowest BCUT2D eigenvalue weighted by Crippen LogP contribution is -2.45. The molecule has 1 amide bonds. The zero-order valence-corrected chi connectivity index (χ0v) is 19.2. The van der Waals surface area contributed by atoms with E-state index in [0.29, 0.717) is 0 Å². The molecule has 2 rings (SSSR count). The lowest BCUT2D eigenvalue weighted by Gasteiger charge is -2.30. The number of benzene rings is 1. The van der Waals surface area contributed by atoms with Crippen LogP contribution in [0, 0.1) is 0 Å². The van der Waals surface area contributed by atoms with Gasteiger partial charge in [0.25, 0.3) is 0 Å². The molecule has 0 radical (unpaired) electrons. The largest absolute Gasteiger partial charge is 0.375 e. The molecule has 1 saturated heterocycles. The summed E-state index contributed by atoms with van der Waals surface area (Å²) in [6, 6.07) is 10.4. The SMILES string of the molecule is CN(C)C(=O)CN=C(NCCCN(C)c1ccccc1)N1CCCCC1.I. The summed E-state index contributed by atoms with van der Waals surface area (Å²) in [4.78, 5) is 22.6. The Kier molecular flexibility index (Phi) is 11.2. The predicted molar refractivity (Wildman–Crippen MR) is 124 cm³/mol. The highest BCUT2D eigenvalue weighted by molar-refractivity contribution is 14.0. The van der Waals surface area contributed by atoms with Crippen LogP contribution in [-0.2, 0) is 4.79 Å². The molecule has 0 saturated carbocycles. The number of carbonyl (C=O) groups excluding carboxylic acids is 1. The van der Waals surface area contributed by atoms with Crippen LogP contribution in [0.25, 0.3) is 0 Å². The van der Waals surface area contributed by atoms with E-state index in [1.54, 1.807) is 19.0 Å². The van der Waals surface area contributed by atoms with Gasteiger partial charge >= 0.3 is 0 Å². The number of amides is 1. The molecule has 152 valence electrons. The number of aliphatic imine (C=N–C) groups is 1. The number of rotatable bonds is 7. The maximum absolute atomic E-state index is 11.9. The van der Waals surface area contributed by atoms with Crippen LogP contribution in [-0.4, -0.2) is 75.5 Å². The van der Waals surface area contributed by atoms with Crippen LogP contribution < -0.4 is 10.2 Å². The normalized spacial score (nSPS) is 14.3. The molecule has 0 atom stereocenters. The number of hydrogen-bond donors (Lipinski definition) is 1. The first-order chi connectivity index (χ1) is 12.6. The molecule has 0 bridgehead atoms. The average Bonchev–Trinajstić information content (AvgIpc) is 2.68. The molecule has 0 aromatic heterocycles. The number of carbonyl (C=O) groups is 1. The second-order valence-corrected chi connectivity index (χ2v) is 7.01. The summed E-state index contributed by atoms with van der Waals surface area (Å²) < 4.78 is 0. The summed E-state index contributed by atoms with van der Waals surface area (Å²) in [5.41, 5.74) is 1.23. The lowest BCUT2D eigenvalue weighted by molar-refractivity contribution is -0.127. The van der Waals surface area contributed by atoms with E-state index < -0.39 is 0 Å². The molecule has 1 fully saturated rings. The Labute approximate surface area is 181 Å². The number of piperidine rings is 1. The number of nitrogens with one attached hydrogen (secondary N) is 1. The average molecular weight is 487 g/mol. The fourth-order valence-corrected chi connectivity index (χ4v) is 2.99. The lowest BCUT2D eigenvalue weighted by atomic mass is 10.1. The van der Waals surface area contributed by atoms with Gasteiger partial charge in [0.2, 0.25) is 5.91 Å². The molecule has 0 aliphatic carbocycles. The summed E-state index contributed by atoms with van der Waals surface area (Å²) in [5.74, 6) is 0.910. The summed E-state index contributed by atoms with van der Waals surface area (Å²) in [5, 5.41) is 3.47. The van der Waals surface area contributed by atoms with Gasteiger partial charge in [-0.25, -0.2) is 4.99 Å². The van der Waals surface area contributed by atoms with Crippen molar-refractivity contribution in [1.29, 1.82) is 0 Å². The van der Waals surface area contributed by atoms with Crippen molar-refractivity contribution >= 4 is 41.5 Å². The van der Waals surface area contributed by atoms with E-state index in [1.165, 1.54) is 24.9 Å². The molecule has 7 heteroatoms. The number of anilines is 1. The van der Waals surface area contributed by atoms with Crippen LogP contribution in [0.1, 0.15) is 25.7 Å². The summed E-state index contributed by atoms with van der Waals surface area (Å²) in [6.07, 6.45) is 4.68. The predicted octanol–water partition coefficient (Wildman–Crippen LogP) is 2.65. The third-order valence-electron chi connectivity index (χ3n) is 4.67. The fraction of sp³-hybridized carbons (Fsp3) is 0.600. The van der Waals surface area contributed by atoms with E-state index in [1.807, 2.05) is 6.07 Å². The monoisotopic (exact) mass is 487 g/mol. The molecule has 6 nitrogen and oxygen atoms in total. The van der Waals surface area contributed by atoms with E-state index in [0.717, 1.165) is 38.6 Å². The smallest absolute Gasteiger partial charge is 0.243 e. The standard InChI is InChI=1S/C20H33N5O.HI/c1-23(2)19(26)17-22-20(25-15-8-5-9-16-25)21-13-10-14-24(3)18-11-6-4-7-12-18;/h4,6-7,11-12H,5,8-10,13-17H2,1-3H3,(H,21,22);1H. The molecule has 1 aliphatic rings. The molecule has 1 aromatic carbocycles. The number of likely N-dealkylation sites (N-methyl/N-ethyl adjacent to an activating group) is 1. The van der Waals surface area contributed by atoms with Gasteiger partial charge in [0.05, 0.1) is 0 Å². The van der Waals surface area contributed by atoms with Gasteiger partial charge in [-0.2, -0.15) is 0 Å². The number of para-hydroxylation sites is 1. The Balaban J connectivity index is 0.00000364. The molecule has 1 aliphatic heterocycles. The van der Waals surface area contributed by atoms with Gasteiger partial charge in [-0.1, -0.05) is 18.2 Å². The Morgan fingerprint density at radius 1 is 1.11 bits per heavy atom. The first-order valence-electron chi connectivity index (χ1n) is 9.57. The minimum absolute atomic E-state index is 0. The molecule has 0 unspecified atom stereocenters. The van der Waals surface area contributed by atoms with Gasteiger partial charge in [-0.15, -0.1) is 24.0 Å². The van der Waals surface area contributed by atoms with Crippen LogP contribution >= 0.6 is 24.0 Å². The highest BCUT2D eigenvalue weighted by Crippen LogP contribution is 2.11. The van der Waals surface area contributed by atoms with E-state index in [-0.39, 0.29) is 36.4 Å². The maximum Gasteiger partial charge on any atom is 0.243 e. The van der Waals surface area contributed by atoms with E-state index in [4.69, 9.17) is 0 Å². The maximum atomic E-state index is 11.9. The van der Waals surface area contributed by atoms with E-state index >= 15 is 0 Å². The van der Waals surface area contributed by atoms with E-state index in [9.17, 15) is 4.79 Å². The Morgan fingerprint density at radius 2 is 1.78 bits per heavy atom. The summed E-state index contributed by atoms with van der Waals surface area (Å²) in [6.45, 7) is 4.07. The van der Waals surface area contributed by atoms with Crippen molar-refractivity contribution in [3.05, 3.63) is 30.3 Å². The Bertz CT molecular complexity index is 573. The van der Waals surface area contributed by atoms with Gasteiger partial charge in [-0.3, -0.25) is 4.79 Å². The first-order valence-corrected chi connectivity index (χ1v) is 9.57. The number of likely N-dealkylation sites (tertiary alicyclic amines) is 1. The third-order valence-corrected chi connectivity index (χ3v) is 4.67. The molecule has 0 spiro atoms. The quantitative estimate of drug-likeness (QED) is 0.278. The van der Waals surface area contributed by atoms with Crippen LogP contribution in [0.15, 0.2) is 35.3 Å². The fourth-order valence-electron chi connectivity index (χ4n) is 2.99. The summed E-state index contributed by atoms with van der Waals surface area (Å²) >= 11 is 0. The molecule has 1 heterocycles. The molecular formula is C20H34IN5O. The number of halogens is 1. The highest BCUT2D eigenvalue weighted by atomic mass is 127. The van der Waals surface area contributed by atoms with Gasteiger partial charge in [0, 0.05) is 53.0 Å². The van der Waals surface area contributed by atoms with E-state index in [2.05, 4.69) is 51.4 Å². The zero-order chi connectivity index (χ0) is 18.8. The van der Waals surface area contributed by atoms with Gasteiger partial charge in [-0.05, 0) is 37.8 Å². The first kappa shape index (κ1) is 23.5. The van der Waals surface area contributed by atoms with Crippen molar-refractivity contribution in [2.45, 2.75) is 25.7 Å². The molecule has 1 aromatic rings. The molecular weight excluding hydrogens is 453 g/mol. The second-order valence-electron chi connectivity index (χ2n) is 7.01. The Hall–Kier alpha value is -1.51.